The molecule has 1 unspecified atom stereocenters. The number of hydrogen-bond donors (Lipinski definition) is 1. The summed E-state index contributed by atoms with van der Waals surface area (Å²) in [6.45, 7) is 0.419. The van der Waals surface area contributed by atoms with Crippen molar-refractivity contribution < 1.29 is 14.3 Å². The highest BCUT2D eigenvalue weighted by Crippen LogP contribution is 2.40. The molecular formula is C24H23N5O3. The SMILES string of the molecule is CN(C(=O)c1ccc2nc(N)c3cnn(C)c3c2c1)C1COc2cc(OC3CC3)ccc21. The lowest BCUT2D eigenvalue weighted by molar-refractivity contribution is 0.0708. The van der Waals surface area contributed by atoms with E-state index in [9.17, 15) is 4.79 Å². The molecule has 1 atom stereocenters. The molecule has 0 bridgehead atoms. The Morgan fingerprint density at radius 2 is 2.06 bits per heavy atom. The van der Waals surface area contributed by atoms with Crippen molar-refractivity contribution in [2.75, 3.05) is 19.4 Å². The molecule has 2 aromatic heterocycles. The molecule has 8 nitrogen and oxygen atoms in total. The first-order valence-corrected chi connectivity index (χ1v) is 10.7. The van der Waals surface area contributed by atoms with Crippen LogP contribution in [-0.4, -0.2) is 45.3 Å². The van der Waals surface area contributed by atoms with Crippen LogP contribution in [-0.2, 0) is 7.05 Å². The van der Waals surface area contributed by atoms with Crippen LogP contribution >= 0.6 is 0 Å². The average Bonchev–Trinajstić information content (AvgIpc) is 3.36. The van der Waals surface area contributed by atoms with E-state index in [0.717, 1.165) is 51.7 Å². The molecule has 1 aliphatic heterocycles. The van der Waals surface area contributed by atoms with Crippen molar-refractivity contribution in [3.8, 4) is 11.5 Å². The van der Waals surface area contributed by atoms with Gasteiger partial charge in [-0.05, 0) is 43.2 Å². The van der Waals surface area contributed by atoms with Gasteiger partial charge in [0.05, 0.1) is 34.8 Å². The average molecular weight is 429 g/mol. The lowest BCUT2D eigenvalue weighted by Crippen LogP contribution is -2.32. The molecule has 2 aliphatic rings. The topological polar surface area (TPSA) is 95.5 Å². The summed E-state index contributed by atoms with van der Waals surface area (Å²) in [6, 6.07) is 11.2. The molecular weight excluding hydrogens is 406 g/mol. The zero-order chi connectivity index (χ0) is 22.0. The summed E-state index contributed by atoms with van der Waals surface area (Å²) in [6.07, 6.45) is 4.25. The minimum Gasteiger partial charge on any atom is -0.491 e. The number of anilines is 1. The van der Waals surface area contributed by atoms with Crippen LogP contribution in [0.25, 0.3) is 21.8 Å². The third-order valence-corrected chi connectivity index (χ3v) is 6.31. The van der Waals surface area contributed by atoms with Crippen LogP contribution in [0.1, 0.15) is 34.8 Å². The van der Waals surface area contributed by atoms with Gasteiger partial charge in [-0.15, -0.1) is 0 Å². The molecule has 162 valence electrons. The molecule has 1 fully saturated rings. The van der Waals surface area contributed by atoms with E-state index >= 15 is 0 Å². The number of likely N-dealkylation sites (N-methyl/N-ethyl adjacent to an activating group) is 1. The summed E-state index contributed by atoms with van der Waals surface area (Å²) >= 11 is 0. The van der Waals surface area contributed by atoms with E-state index < -0.39 is 0 Å². The number of fused-ring (bicyclic) bond motifs is 4. The van der Waals surface area contributed by atoms with E-state index in [0.29, 0.717) is 24.1 Å². The van der Waals surface area contributed by atoms with Gasteiger partial charge in [0.1, 0.15) is 23.9 Å². The van der Waals surface area contributed by atoms with Gasteiger partial charge in [0.25, 0.3) is 5.91 Å². The Morgan fingerprint density at radius 1 is 1.22 bits per heavy atom. The van der Waals surface area contributed by atoms with E-state index in [2.05, 4.69) is 10.1 Å². The molecule has 1 amide bonds. The molecule has 1 aliphatic carbocycles. The quantitative estimate of drug-likeness (QED) is 0.534. The number of benzene rings is 2. The van der Waals surface area contributed by atoms with Crippen molar-refractivity contribution in [2.24, 2.45) is 7.05 Å². The summed E-state index contributed by atoms with van der Waals surface area (Å²) in [5, 5.41) is 5.93. The fraction of sp³-hybridized carbons (Fsp3) is 0.292. The number of pyridine rings is 1. The predicted molar refractivity (Wildman–Crippen MR) is 121 cm³/mol. The minimum atomic E-state index is -0.163. The maximum atomic E-state index is 13.4. The Labute approximate surface area is 184 Å². The Bertz CT molecular complexity index is 1390. The minimum absolute atomic E-state index is 0.0844. The van der Waals surface area contributed by atoms with Crippen LogP contribution in [0.15, 0.2) is 42.6 Å². The Balaban J connectivity index is 1.33. The van der Waals surface area contributed by atoms with Crippen LogP contribution < -0.4 is 15.2 Å². The number of amides is 1. The van der Waals surface area contributed by atoms with Gasteiger partial charge in [-0.1, -0.05) is 0 Å². The number of nitrogen functional groups attached to an aromatic ring is 1. The highest BCUT2D eigenvalue weighted by molar-refractivity contribution is 6.10. The second kappa shape index (κ2) is 6.85. The lowest BCUT2D eigenvalue weighted by Gasteiger charge is -2.24. The van der Waals surface area contributed by atoms with Crippen LogP contribution in [0.4, 0.5) is 5.82 Å². The van der Waals surface area contributed by atoms with Crippen molar-refractivity contribution in [2.45, 2.75) is 25.0 Å². The molecule has 32 heavy (non-hydrogen) atoms. The molecule has 2 aromatic carbocycles. The smallest absolute Gasteiger partial charge is 0.254 e. The highest BCUT2D eigenvalue weighted by atomic mass is 16.5. The maximum absolute atomic E-state index is 13.4. The monoisotopic (exact) mass is 429 g/mol. The van der Waals surface area contributed by atoms with Gasteiger partial charge in [-0.2, -0.15) is 5.10 Å². The third-order valence-electron chi connectivity index (χ3n) is 6.31. The van der Waals surface area contributed by atoms with Crippen LogP contribution in [0, 0.1) is 0 Å². The number of aryl methyl sites for hydroxylation is 1. The van der Waals surface area contributed by atoms with Gasteiger partial charge in [-0.25, -0.2) is 4.98 Å². The fourth-order valence-corrected chi connectivity index (χ4v) is 4.38. The van der Waals surface area contributed by atoms with Crippen LogP contribution in [0.5, 0.6) is 11.5 Å². The number of hydrogen-bond acceptors (Lipinski definition) is 6. The molecule has 6 rings (SSSR count). The lowest BCUT2D eigenvalue weighted by atomic mass is 10.0. The number of carbonyl (C=O) groups excluding carboxylic acids is 1. The molecule has 0 spiro atoms. The summed E-state index contributed by atoms with van der Waals surface area (Å²) in [4.78, 5) is 19.6. The zero-order valence-corrected chi connectivity index (χ0v) is 17.9. The molecule has 0 radical (unpaired) electrons. The third kappa shape index (κ3) is 2.94. The second-order valence-corrected chi connectivity index (χ2v) is 8.52. The molecule has 4 aromatic rings. The van der Waals surface area contributed by atoms with Gasteiger partial charge < -0.3 is 20.1 Å². The number of aromatic nitrogens is 3. The number of rotatable bonds is 4. The van der Waals surface area contributed by atoms with Crippen LogP contribution in [0.2, 0.25) is 0 Å². The summed E-state index contributed by atoms with van der Waals surface area (Å²) in [5.74, 6) is 1.95. The van der Waals surface area contributed by atoms with E-state index in [-0.39, 0.29) is 11.9 Å². The summed E-state index contributed by atoms with van der Waals surface area (Å²) in [5.41, 5.74) is 9.26. The first-order chi connectivity index (χ1) is 15.5. The van der Waals surface area contributed by atoms with Crippen molar-refractivity contribution >= 4 is 33.5 Å². The van der Waals surface area contributed by atoms with Crippen molar-refractivity contribution in [1.82, 2.24) is 19.7 Å². The summed E-state index contributed by atoms with van der Waals surface area (Å²) < 4.78 is 13.5. The van der Waals surface area contributed by atoms with Crippen molar-refractivity contribution in [1.29, 1.82) is 0 Å². The first-order valence-electron chi connectivity index (χ1n) is 10.7. The largest absolute Gasteiger partial charge is 0.491 e. The Hall–Kier alpha value is -3.81. The molecule has 0 saturated heterocycles. The number of ether oxygens (including phenoxy) is 2. The zero-order valence-electron chi connectivity index (χ0n) is 17.9. The van der Waals surface area contributed by atoms with Gasteiger partial charge in [0, 0.05) is 36.7 Å². The summed E-state index contributed by atoms with van der Waals surface area (Å²) in [7, 11) is 3.67. The second-order valence-electron chi connectivity index (χ2n) is 8.52. The Morgan fingerprint density at radius 3 is 2.88 bits per heavy atom. The predicted octanol–water partition coefficient (Wildman–Crippen LogP) is 3.45. The molecule has 1 saturated carbocycles. The van der Waals surface area contributed by atoms with Gasteiger partial charge >= 0.3 is 0 Å². The van der Waals surface area contributed by atoms with Gasteiger partial charge in [-0.3, -0.25) is 9.48 Å². The molecule has 2 N–H and O–H groups in total. The van der Waals surface area contributed by atoms with Gasteiger partial charge in [0.2, 0.25) is 0 Å². The van der Waals surface area contributed by atoms with Crippen molar-refractivity contribution in [3.63, 3.8) is 0 Å². The normalized spacial score (nSPS) is 17.4. The number of nitrogens with two attached hydrogens (primary N) is 1. The fourth-order valence-electron chi connectivity index (χ4n) is 4.38. The number of nitrogens with zero attached hydrogens (tertiary/aromatic N) is 4. The highest BCUT2D eigenvalue weighted by Gasteiger charge is 2.32. The van der Waals surface area contributed by atoms with Crippen LogP contribution in [0.3, 0.4) is 0 Å². The van der Waals surface area contributed by atoms with E-state index in [1.165, 1.54) is 0 Å². The standard InChI is InChI=1S/C24H23N5O3/c1-28(20-12-31-21-10-15(6-7-16(20)21)32-14-4-5-14)24(30)13-3-8-19-17(9-13)22-18(23(25)27-19)11-26-29(22)2/h3,6-11,14,20H,4-5,12H2,1-2H3,(H2,25,27). The molecule has 3 heterocycles. The van der Waals surface area contributed by atoms with Crippen molar-refractivity contribution in [3.05, 3.63) is 53.7 Å². The maximum Gasteiger partial charge on any atom is 0.254 e. The number of carbonyl (C=O) groups is 1. The van der Waals surface area contributed by atoms with Gasteiger partial charge in [0.15, 0.2) is 0 Å². The molecule has 8 heteroatoms. The first kappa shape index (κ1) is 18.9. The van der Waals surface area contributed by atoms with E-state index in [1.807, 2.05) is 44.4 Å². The Kier molecular flexibility index (Phi) is 4.05. The van der Waals surface area contributed by atoms with E-state index in [1.54, 1.807) is 21.8 Å². The van der Waals surface area contributed by atoms with E-state index in [4.69, 9.17) is 15.2 Å².